The van der Waals surface area contributed by atoms with Crippen LogP contribution in [0.3, 0.4) is 0 Å². The lowest BCUT2D eigenvalue weighted by Gasteiger charge is -2.23. The molecule has 0 spiro atoms. The van der Waals surface area contributed by atoms with E-state index in [9.17, 15) is 9.59 Å². The van der Waals surface area contributed by atoms with Gasteiger partial charge in [-0.15, -0.1) is 0 Å². The highest BCUT2D eigenvalue weighted by Crippen LogP contribution is 2.27. The summed E-state index contributed by atoms with van der Waals surface area (Å²) in [7, 11) is 0. The second-order valence-electron chi connectivity index (χ2n) is 6.76. The molecule has 8 heteroatoms. The molecule has 6 nitrogen and oxygen atoms in total. The number of likely N-dealkylation sites (tertiary alicyclic amines) is 1. The summed E-state index contributed by atoms with van der Waals surface area (Å²) < 4.78 is 1.50. The van der Waals surface area contributed by atoms with Crippen molar-refractivity contribution >= 4 is 40.4 Å². The average Bonchev–Trinajstić information content (AvgIpc) is 3.12. The molecule has 0 radical (unpaired) electrons. The molecule has 3 heterocycles. The number of rotatable bonds is 4. The highest BCUT2D eigenvalue weighted by atomic mass is 35.5. The lowest BCUT2D eigenvalue weighted by atomic mass is 10.2. The molecule has 1 aliphatic heterocycles. The standard InChI is InChI=1S/C20H18Cl2N4O2/c21-13-6-7-16(15(22)10-13)24-20(28)17-4-3-8-25(17)12-14-11-19(27)26-9-2-1-5-18(26)23-14/h1-2,5-7,9-11,17H,3-4,8,12H2,(H,24,28)/t17-/m0/s1. The molecule has 1 amide bonds. The average molecular weight is 417 g/mol. The van der Waals surface area contributed by atoms with Gasteiger partial charge in [0.2, 0.25) is 5.91 Å². The van der Waals surface area contributed by atoms with Crippen molar-refractivity contribution in [2.75, 3.05) is 11.9 Å². The number of carbonyl (C=O) groups is 1. The van der Waals surface area contributed by atoms with Gasteiger partial charge in [-0.25, -0.2) is 4.98 Å². The number of halogens is 2. The van der Waals surface area contributed by atoms with Gasteiger partial charge in [0, 0.05) is 23.8 Å². The Bertz CT molecular complexity index is 1100. The van der Waals surface area contributed by atoms with Gasteiger partial charge in [0.1, 0.15) is 5.65 Å². The van der Waals surface area contributed by atoms with E-state index in [1.54, 1.807) is 36.5 Å². The molecule has 1 atom stereocenters. The summed E-state index contributed by atoms with van der Waals surface area (Å²) in [6, 6.07) is 11.6. The third-order valence-electron chi connectivity index (χ3n) is 4.84. The number of pyridine rings is 1. The summed E-state index contributed by atoms with van der Waals surface area (Å²) in [5.74, 6) is -0.126. The maximum atomic E-state index is 12.8. The van der Waals surface area contributed by atoms with Gasteiger partial charge < -0.3 is 5.32 Å². The number of fused-ring (bicyclic) bond motifs is 1. The highest BCUT2D eigenvalue weighted by Gasteiger charge is 2.31. The molecule has 0 aliphatic carbocycles. The van der Waals surface area contributed by atoms with Crippen LogP contribution in [-0.4, -0.2) is 32.8 Å². The van der Waals surface area contributed by atoms with E-state index in [-0.39, 0.29) is 17.5 Å². The molecule has 1 aliphatic rings. The summed E-state index contributed by atoms with van der Waals surface area (Å²) >= 11 is 12.1. The van der Waals surface area contributed by atoms with Crippen LogP contribution in [0.5, 0.6) is 0 Å². The topological polar surface area (TPSA) is 66.7 Å². The maximum absolute atomic E-state index is 12.8. The first-order chi connectivity index (χ1) is 13.5. The second-order valence-corrected chi connectivity index (χ2v) is 7.60. The molecule has 1 fully saturated rings. The first-order valence-corrected chi connectivity index (χ1v) is 9.74. The van der Waals surface area contributed by atoms with Crippen molar-refractivity contribution < 1.29 is 4.79 Å². The van der Waals surface area contributed by atoms with Crippen LogP contribution in [0.15, 0.2) is 53.5 Å². The summed E-state index contributed by atoms with van der Waals surface area (Å²) in [5.41, 5.74) is 1.65. The van der Waals surface area contributed by atoms with Crippen molar-refractivity contribution in [3.05, 3.63) is 74.8 Å². The smallest absolute Gasteiger partial charge is 0.258 e. The van der Waals surface area contributed by atoms with E-state index in [0.29, 0.717) is 33.6 Å². The number of carbonyl (C=O) groups excluding carboxylic acids is 1. The first-order valence-electron chi connectivity index (χ1n) is 8.98. The van der Waals surface area contributed by atoms with E-state index >= 15 is 0 Å². The third-order valence-corrected chi connectivity index (χ3v) is 5.39. The third kappa shape index (κ3) is 3.90. The normalized spacial score (nSPS) is 17.1. The molecular weight excluding hydrogens is 399 g/mol. The molecule has 1 saturated heterocycles. The summed E-state index contributed by atoms with van der Waals surface area (Å²) in [6.45, 7) is 1.20. The molecule has 4 rings (SSSR count). The molecule has 0 unspecified atom stereocenters. The fourth-order valence-corrected chi connectivity index (χ4v) is 3.97. The SMILES string of the molecule is O=C(Nc1ccc(Cl)cc1Cl)[C@@H]1CCCN1Cc1cc(=O)n2ccccc2n1. The molecule has 28 heavy (non-hydrogen) atoms. The Hall–Kier alpha value is -2.41. The highest BCUT2D eigenvalue weighted by molar-refractivity contribution is 6.36. The fourth-order valence-electron chi connectivity index (χ4n) is 3.51. The van der Waals surface area contributed by atoms with Crippen LogP contribution in [0.25, 0.3) is 5.65 Å². The Labute approximate surface area is 171 Å². The number of anilines is 1. The molecular formula is C20H18Cl2N4O2. The van der Waals surface area contributed by atoms with Crippen molar-refractivity contribution in [2.24, 2.45) is 0 Å². The van der Waals surface area contributed by atoms with Crippen LogP contribution in [-0.2, 0) is 11.3 Å². The van der Waals surface area contributed by atoms with E-state index in [2.05, 4.69) is 10.3 Å². The largest absolute Gasteiger partial charge is 0.323 e. The van der Waals surface area contributed by atoms with Gasteiger partial charge in [-0.1, -0.05) is 29.3 Å². The van der Waals surface area contributed by atoms with Crippen molar-refractivity contribution in [3.8, 4) is 0 Å². The van der Waals surface area contributed by atoms with Gasteiger partial charge in [0.05, 0.1) is 22.4 Å². The number of amides is 1. The van der Waals surface area contributed by atoms with E-state index in [1.807, 2.05) is 11.0 Å². The number of hydrogen-bond donors (Lipinski definition) is 1. The van der Waals surface area contributed by atoms with Gasteiger partial charge in [-0.3, -0.25) is 18.9 Å². The molecule has 0 bridgehead atoms. The first kappa shape index (κ1) is 18.9. The predicted molar refractivity (Wildman–Crippen MR) is 110 cm³/mol. The number of nitrogens with one attached hydrogen (secondary N) is 1. The second kappa shape index (κ2) is 7.91. The Kier molecular flexibility index (Phi) is 5.35. The predicted octanol–water partition coefficient (Wildman–Crippen LogP) is 3.60. The summed E-state index contributed by atoms with van der Waals surface area (Å²) in [6.07, 6.45) is 3.33. The minimum atomic E-state index is -0.303. The zero-order chi connectivity index (χ0) is 19.7. The minimum absolute atomic E-state index is 0.126. The molecule has 0 saturated carbocycles. The zero-order valence-corrected chi connectivity index (χ0v) is 16.5. The Morgan fingerprint density at radius 3 is 2.89 bits per heavy atom. The van der Waals surface area contributed by atoms with Gasteiger partial charge in [-0.2, -0.15) is 0 Å². The zero-order valence-electron chi connectivity index (χ0n) is 14.9. The van der Waals surface area contributed by atoms with Crippen molar-refractivity contribution in [1.82, 2.24) is 14.3 Å². The molecule has 1 N–H and O–H groups in total. The summed E-state index contributed by atoms with van der Waals surface area (Å²) in [5, 5.41) is 3.79. The molecule has 144 valence electrons. The number of aromatic nitrogens is 2. The van der Waals surface area contributed by atoms with Crippen LogP contribution < -0.4 is 10.9 Å². The van der Waals surface area contributed by atoms with Crippen LogP contribution >= 0.6 is 23.2 Å². The van der Waals surface area contributed by atoms with E-state index in [4.69, 9.17) is 23.2 Å². The fraction of sp³-hybridized carbons (Fsp3) is 0.250. The molecule has 2 aromatic heterocycles. The van der Waals surface area contributed by atoms with Gasteiger partial charge in [0.15, 0.2) is 0 Å². The lowest BCUT2D eigenvalue weighted by molar-refractivity contribution is -0.120. The quantitative estimate of drug-likeness (QED) is 0.705. The van der Waals surface area contributed by atoms with Crippen LogP contribution in [0.4, 0.5) is 5.69 Å². The van der Waals surface area contributed by atoms with Crippen LogP contribution in [0.2, 0.25) is 10.0 Å². The van der Waals surface area contributed by atoms with Crippen LogP contribution in [0.1, 0.15) is 18.5 Å². The van der Waals surface area contributed by atoms with E-state index < -0.39 is 0 Å². The number of nitrogens with zero attached hydrogens (tertiary/aromatic N) is 3. The Morgan fingerprint density at radius 1 is 1.21 bits per heavy atom. The van der Waals surface area contributed by atoms with E-state index in [0.717, 1.165) is 19.4 Å². The maximum Gasteiger partial charge on any atom is 0.258 e. The van der Waals surface area contributed by atoms with Crippen molar-refractivity contribution in [1.29, 1.82) is 0 Å². The van der Waals surface area contributed by atoms with Crippen LogP contribution in [0, 0.1) is 0 Å². The van der Waals surface area contributed by atoms with E-state index in [1.165, 1.54) is 10.5 Å². The van der Waals surface area contributed by atoms with Crippen molar-refractivity contribution in [3.63, 3.8) is 0 Å². The van der Waals surface area contributed by atoms with Crippen molar-refractivity contribution in [2.45, 2.75) is 25.4 Å². The Balaban J connectivity index is 1.52. The monoisotopic (exact) mass is 416 g/mol. The molecule has 1 aromatic carbocycles. The lowest BCUT2D eigenvalue weighted by Crippen LogP contribution is -2.39. The minimum Gasteiger partial charge on any atom is -0.323 e. The van der Waals surface area contributed by atoms with Gasteiger partial charge >= 0.3 is 0 Å². The van der Waals surface area contributed by atoms with Gasteiger partial charge in [0.25, 0.3) is 5.56 Å². The molecule has 3 aromatic rings. The number of hydrogen-bond acceptors (Lipinski definition) is 4. The van der Waals surface area contributed by atoms with Gasteiger partial charge in [-0.05, 0) is 49.7 Å². The summed E-state index contributed by atoms with van der Waals surface area (Å²) in [4.78, 5) is 31.7. The number of benzene rings is 1. The Morgan fingerprint density at radius 2 is 2.07 bits per heavy atom.